The smallest absolute Gasteiger partial charge is 0.337 e. The van der Waals surface area contributed by atoms with Crippen molar-refractivity contribution in [1.29, 1.82) is 0 Å². The number of benzene rings is 1. The minimum Gasteiger partial charge on any atom is -0.467 e. The van der Waals surface area contributed by atoms with Crippen LogP contribution >= 0.6 is 11.6 Å². The van der Waals surface area contributed by atoms with Gasteiger partial charge in [-0.3, -0.25) is 0 Å². The molecule has 0 aromatic heterocycles. The van der Waals surface area contributed by atoms with Crippen molar-refractivity contribution in [3.8, 4) is 0 Å². The Hall–Kier alpha value is -1.37. The third-order valence-electron chi connectivity index (χ3n) is 2.19. The first-order chi connectivity index (χ1) is 7.88. The maximum atomic E-state index is 13.1. The lowest BCUT2D eigenvalue weighted by molar-refractivity contribution is -0.156. The van der Waals surface area contributed by atoms with E-state index in [0.29, 0.717) is 0 Å². The Bertz CT molecular complexity index is 441. The van der Waals surface area contributed by atoms with Crippen molar-refractivity contribution >= 4 is 23.3 Å². The summed E-state index contributed by atoms with van der Waals surface area (Å²) in [6.07, 6.45) is -3.57. The number of aliphatic hydroxyl groups excluding tert-OH is 2. The van der Waals surface area contributed by atoms with E-state index in [9.17, 15) is 19.4 Å². The van der Waals surface area contributed by atoms with Gasteiger partial charge in [-0.05, 0) is 12.1 Å². The van der Waals surface area contributed by atoms with Crippen LogP contribution in [0.4, 0.5) is 10.1 Å². The van der Waals surface area contributed by atoms with Crippen molar-refractivity contribution in [2.75, 3.05) is 12.8 Å². The summed E-state index contributed by atoms with van der Waals surface area (Å²) < 4.78 is 17.3. The van der Waals surface area contributed by atoms with Crippen LogP contribution in [-0.4, -0.2) is 29.4 Å². The van der Waals surface area contributed by atoms with Gasteiger partial charge in [-0.15, -0.1) is 0 Å². The quantitative estimate of drug-likeness (QED) is 0.549. The second-order valence-electron chi connectivity index (χ2n) is 3.30. The highest BCUT2D eigenvalue weighted by atomic mass is 35.5. The normalized spacial score (nSPS) is 14.2. The average molecular weight is 264 g/mol. The Morgan fingerprint density at radius 1 is 1.53 bits per heavy atom. The fourth-order valence-corrected chi connectivity index (χ4v) is 1.48. The Morgan fingerprint density at radius 2 is 2.12 bits per heavy atom. The summed E-state index contributed by atoms with van der Waals surface area (Å²) in [6, 6.07) is 1.84. The molecule has 0 radical (unpaired) electrons. The van der Waals surface area contributed by atoms with Crippen molar-refractivity contribution < 1.29 is 24.1 Å². The first-order valence-corrected chi connectivity index (χ1v) is 4.94. The Balaban J connectivity index is 3.12. The number of rotatable bonds is 3. The van der Waals surface area contributed by atoms with Crippen molar-refractivity contribution in [1.82, 2.24) is 0 Å². The number of hydrogen-bond donors (Lipinski definition) is 3. The van der Waals surface area contributed by atoms with E-state index in [-0.39, 0.29) is 16.3 Å². The highest BCUT2D eigenvalue weighted by molar-refractivity contribution is 6.33. The van der Waals surface area contributed by atoms with Crippen LogP contribution in [-0.2, 0) is 9.53 Å². The van der Waals surface area contributed by atoms with Crippen LogP contribution in [0.1, 0.15) is 11.7 Å². The zero-order chi connectivity index (χ0) is 13.2. The van der Waals surface area contributed by atoms with Crippen LogP contribution in [0.3, 0.4) is 0 Å². The van der Waals surface area contributed by atoms with Gasteiger partial charge in [-0.1, -0.05) is 11.6 Å². The summed E-state index contributed by atoms with van der Waals surface area (Å²) in [4.78, 5) is 11.0. The molecule has 7 heteroatoms. The summed E-state index contributed by atoms with van der Waals surface area (Å²) in [5.41, 5.74) is 5.23. The van der Waals surface area contributed by atoms with Crippen LogP contribution in [0, 0.1) is 5.82 Å². The van der Waals surface area contributed by atoms with Gasteiger partial charge in [0.15, 0.2) is 6.10 Å². The summed E-state index contributed by atoms with van der Waals surface area (Å²) in [5, 5.41) is 18.9. The molecule has 1 aromatic rings. The minimum absolute atomic E-state index is 0.108. The number of hydrogen-bond acceptors (Lipinski definition) is 5. The molecule has 0 saturated heterocycles. The van der Waals surface area contributed by atoms with Gasteiger partial charge in [-0.2, -0.15) is 0 Å². The van der Waals surface area contributed by atoms with Crippen LogP contribution in [0.25, 0.3) is 0 Å². The lowest BCUT2D eigenvalue weighted by Crippen LogP contribution is -2.29. The molecule has 0 spiro atoms. The molecular formula is C10H11ClFNO4. The molecule has 2 atom stereocenters. The van der Waals surface area contributed by atoms with Crippen LogP contribution in [0.15, 0.2) is 12.1 Å². The molecule has 17 heavy (non-hydrogen) atoms. The van der Waals surface area contributed by atoms with Gasteiger partial charge in [0, 0.05) is 5.56 Å². The second-order valence-corrected chi connectivity index (χ2v) is 3.71. The highest BCUT2D eigenvalue weighted by Gasteiger charge is 2.28. The molecule has 0 aliphatic heterocycles. The van der Waals surface area contributed by atoms with Crippen LogP contribution in [0.2, 0.25) is 5.02 Å². The summed E-state index contributed by atoms with van der Waals surface area (Å²) >= 11 is 5.61. The molecule has 0 heterocycles. The average Bonchev–Trinajstić information content (AvgIpc) is 2.30. The van der Waals surface area contributed by atoms with E-state index in [0.717, 1.165) is 19.2 Å². The SMILES string of the molecule is COC(=O)C(O)C(O)c1cc(F)cc(Cl)c1N. The van der Waals surface area contributed by atoms with Gasteiger partial charge in [0.05, 0.1) is 17.8 Å². The lowest BCUT2D eigenvalue weighted by Gasteiger charge is -2.18. The number of aliphatic hydroxyl groups is 2. The van der Waals surface area contributed by atoms with E-state index in [2.05, 4.69) is 4.74 Å². The largest absolute Gasteiger partial charge is 0.467 e. The third kappa shape index (κ3) is 2.85. The zero-order valence-corrected chi connectivity index (χ0v) is 9.61. The molecule has 4 N–H and O–H groups in total. The van der Waals surface area contributed by atoms with Gasteiger partial charge >= 0.3 is 5.97 Å². The van der Waals surface area contributed by atoms with Crippen molar-refractivity contribution in [3.63, 3.8) is 0 Å². The Kier molecular flexibility index (Phi) is 4.28. The summed E-state index contributed by atoms with van der Waals surface area (Å²) in [7, 11) is 1.04. The van der Waals surface area contributed by atoms with Crippen molar-refractivity contribution in [3.05, 3.63) is 28.5 Å². The van der Waals surface area contributed by atoms with Gasteiger partial charge in [-0.25, -0.2) is 9.18 Å². The maximum Gasteiger partial charge on any atom is 0.337 e. The van der Waals surface area contributed by atoms with E-state index in [1.165, 1.54) is 0 Å². The first-order valence-electron chi connectivity index (χ1n) is 4.56. The van der Waals surface area contributed by atoms with E-state index in [1.807, 2.05) is 0 Å². The molecule has 0 aliphatic rings. The highest BCUT2D eigenvalue weighted by Crippen LogP contribution is 2.30. The van der Waals surface area contributed by atoms with Gasteiger partial charge in [0.2, 0.25) is 0 Å². The molecule has 2 unspecified atom stereocenters. The molecule has 0 saturated carbocycles. The van der Waals surface area contributed by atoms with E-state index >= 15 is 0 Å². The molecule has 1 aromatic carbocycles. The number of anilines is 1. The molecular weight excluding hydrogens is 253 g/mol. The molecule has 0 fully saturated rings. The molecule has 0 bridgehead atoms. The molecule has 94 valence electrons. The van der Waals surface area contributed by atoms with E-state index in [4.69, 9.17) is 17.3 Å². The van der Waals surface area contributed by atoms with Crippen LogP contribution in [0.5, 0.6) is 0 Å². The number of methoxy groups -OCH3 is 1. The zero-order valence-electron chi connectivity index (χ0n) is 8.85. The summed E-state index contributed by atoms with van der Waals surface area (Å²) in [5.74, 6) is -1.80. The number of ether oxygens (including phenoxy) is 1. The summed E-state index contributed by atoms with van der Waals surface area (Å²) in [6.45, 7) is 0. The first kappa shape index (κ1) is 13.7. The van der Waals surface area contributed by atoms with E-state index in [1.54, 1.807) is 0 Å². The fourth-order valence-electron chi connectivity index (χ4n) is 1.27. The molecule has 1 rings (SSSR count). The molecule has 0 amide bonds. The fraction of sp³-hybridized carbons (Fsp3) is 0.300. The molecule has 5 nitrogen and oxygen atoms in total. The van der Waals surface area contributed by atoms with Gasteiger partial charge < -0.3 is 20.7 Å². The minimum atomic E-state index is -1.86. The topological polar surface area (TPSA) is 92.8 Å². The Labute approximate surface area is 102 Å². The van der Waals surface area contributed by atoms with Crippen molar-refractivity contribution in [2.24, 2.45) is 0 Å². The lowest BCUT2D eigenvalue weighted by atomic mass is 10.0. The number of carbonyl (C=O) groups is 1. The Morgan fingerprint density at radius 3 is 2.65 bits per heavy atom. The number of carbonyl (C=O) groups excluding carboxylic acids is 1. The number of nitrogens with two attached hydrogens (primary N) is 1. The third-order valence-corrected chi connectivity index (χ3v) is 2.50. The maximum absolute atomic E-state index is 13.1. The monoisotopic (exact) mass is 263 g/mol. The number of halogens is 2. The predicted octanol–water partition coefficient (Wildman–Crippen LogP) is 0.629. The predicted molar refractivity (Wildman–Crippen MR) is 58.8 cm³/mol. The number of nitrogen functional groups attached to an aromatic ring is 1. The van der Waals surface area contributed by atoms with Gasteiger partial charge in [0.25, 0.3) is 0 Å². The van der Waals surface area contributed by atoms with Crippen LogP contribution < -0.4 is 5.73 Å². The second kappa shape index (κ2) is 5.31. The van der Waals surface area contributed by atoms with Gasteiger partial charge in [0.1, 0.15) is 11.9 Å². The molecule has 0 aliphatic carbocycles. The number of esters is 1. The van der Waals surface area contributed by atoms with Crippen molar-refractivity contribution in [2.45, 2.75) is 12.2 Å². The standard InChI is InChI=1S/C10H11ClFNO4/c1-17-10(16)9(15)8(14)5-2-4(12)3-6(11)7(5)13/h2-3,8-9,14-15H,13H2,1H3. The van der Waals surface area contributed by atoms with E-state index < -0.39 is 24.0 Å².